The first kappa shape index (κ1) is 26.0. The van der Waals surface area contributed by atoms with Crippen LogP contribution in [0.4, 0.5) is 0 Å². The molecule has 1 atom stereocenters. The number of amides is 1. The van der Waals surface area contributed by atoms with Crippen molar-refractivity contribution in [1.82, 2.24) is 15.1 Å². The van der Waals surface area contributed by atoms with Crippen LogP contribution in [0.2, 0.25) is 0 Å². The van der Waals surface area contributed by atoms with E-state index < -0.39 is 0 Å². The molecule has 1 aliphatic rings. The third kappa shape index (κ3) is 6.72. The van der Waals surface area contributed by atoms with Crippen LogP contribution in [0, 0.1) is 0 Å². The molecule has 2 aromatic carbocycles. The van der Waals surface area contributed by atoms with Gasteiger partial charge in [0.1, 0.15) is 0 Å². The maximum atomic E-state index is 13.0. The van der Waals surface area contributed by atoms with E-state index in [-0.39, 0.29) is 11.9 Å². The number of carbonyl (C=O) groups is 1. The monoisotopic (exact) mass is 469 g/mol. The van der Waals surface area contributed by atoms with Crippen molar-refractivity contribution in [3.05, 3.63) is 59.2 Å². The summed E-state index contributed by atoms with van der Waals surface area (Å²) in [5.74, 6) is 1.30. The molecule has 0 spiro atoms. The zero-order valence-corrected chi connectivity index (χ0v) is 21.2. The van der Waals surface area contributed by atoms with Crippen molar-refractivity contribution in [2.24, 2.45) is 0 Å². The fraction of sp³-hybridized carbons (Fsp3) is 0.519. The Kier molecular flexibility index (Phi) is 9.74. The van der Waals surface area contributed by atoms with E-state index in [2.05, 4.69) is 35.9 Å². The van der Waals surface area contributed by atoms with E-state index in [1.165, 1.54) is 5.56 Å². The van der Waals surface area contributed by atoms with Gasteiger partial charge in [-0.3, -0.25) is 14.6 Å². The van der Waals surface area contributed by atoms with Crippen LogP contribution in [0.15, 0.2) is 42.5 Å². The Morgan fingerprint density at radius 2 is 1.74 bits per heavy atom. The first-order valence-electron chi connectivity index (χ1n) is 12.1. The van der Waals surface area contributed by atoms with Crippen molar-refractivity contribution in [3.63, 3.8) is 0 Å². The fourth-order valence-corrected chi connectivity index (χ4v) is 4.35. The van der Waals surface area contributed by atoms with Crippen molar-refractivity contribution in [2.75, 3.05) is 53.6 Å². The molecule has 0 bridgehead atoms. The number of carbonyl (C=O) groups excluding carboxylic acids is 1. The Labute approximate surface area is 204 Å². The number of ether oxygens (including phenoxy) is 3. The van der Waals surface area contributed by atoms with E-state index in [0.29, 0.717) is 42.9 Å². The quantitative estimate of drug-likeness (QED) is 0.541. The predicted molar refractivity (Wildman–Crippen MR) is 135 cm³/mol. The van der Waals surface area contributed by atoms with E-state index in [0.717, 1.165) is 31.7 Å². The van der Waals surface area contributed by atoms with Gasteiger partial charge in [0.15, 0.2) is 11.5 Å². The first-order valence-corrected chi connectivity index (χ1v) is 12.1. The van der Waals surface area contributed by atoms with E-state index in [1.54, 1.807) is 14.2 Å². The lowest BCUT2D eigenvalue weighted by molar-refractivity contribution is 0.0162. The third-order valence-corrected chi connectivity index (χ3v) is 6.47. The molecule has 0 saturated carbocycles. The van der Waals surface area contributed by atoms with Gasteiger partial charge in [-0.05, 0) is 55.8 Å². The lowest BCUT2D eigenvalue weighted by Crippen LogP contribution is -2.43. The molecule has 7 nitrogen and oxygen atoms in total. The molecule has 0 aliphatic carbocycles. The second-order valence-electron chi connectivity index (χ2n) is 8.84. The smallest absolute Gasteiger partial charge is 0.251 e. The number of nitrogens with one attached hydrogen (secondary N) is 1. The standard InChI is InChI=1S/C27H39N3O4/c1-6-29(20(2)3)19-21-7-9-22(10-8-21)27(31)28-18-24(30-13-15-34-16-14-30)23-11-12-25(32-4)26(17-23)33-5/h7-12,17,20,24H,6,13-16,18-19H2,1-5H3,(H,28,31). The molecular weight excluding hydrogens is 430 g/mol. The summed E-state index contributed by atoms with van der Waals surface area (Å²) in [6, 6.07) is 14.4. The van der Waals surface area contributed by atoms with Gasteiger partial charge in [-0.1, -0.05) is 25.1 Å². The second kappa shape index (κ2) is 12.7. The Hall–Kier alpha value is -2.61. The van der Waals surface area contributed by atoms with Crippen LogP contribution in [0.25, 0.3) is 0 Å². The van der Waals surface area contributed by atoms with Gasteiger partial charge in [-0.2, -0.15) is 0 Å². The van der Waals surface area contributed by atoms with Crippen LogP contribution in [-0.4, -0.2) is 75.4 Å². The van der Waals surface area contributed by atoms with Crippen LogP contribution in [0.1, 0.15) is 48.3 Å². The molecule has 1 N–H and O–H groups in total. The van der Waals surface area contributed by atoms with Crippen molar-refractivity contribution < 1.29 is 19.0 Å². The van der Waals surface area contributed by atoms with Gasteiger partial charge in [0.25, 0.3) is 5.91 Å². The van der Waals surface area contributed by atoms with E-state index in [9.17, 15) is 4.79 Å². The number of benzene rings is 2. The highest BCUT2D eigenvalue weighted by Crippen LogP contribution is 2.32. The summed E-state index contributed by atoms with van der Waals surface area (Å²) >= 11 is 0. The fourth-order valence-electron chi connectivity index (χ4n) is 4.35. The minimum absolute atomic E-state index is 0.0103. The topological polar surface area (TPSA) is 63.3 Å². The molecule has 2 aromatic rings. The normalized spacial score (nSPS) is 15.4. The maximum absolute atomic E-state index is 13.0. The Balaban J connectivity index is 1.70. The zero-order chi connectivity index (χ0) is 24.5. The van der Waals surface area contributed by atoms with E-state index >= 15 is 0 Å². The van der Waals surface area contributed by atoms with Crippen molar-refractivity contribution >= 4 is 5.91 Å². The Bertz CT molecular complexity index is 911. The predicted octanol–water partition coefficient (Wildman–Crippen LogP) is 3.74. The van der Waals surface area contributed by atoms with Gasteiger partial charge in [0.05, 0.1) is 33.5 Å². The van der Waals surface area contributed by atoms with Gasteiger partial charge < -0.3 is 19.5 Å². The first-order chi connectivity index (χ1) is 16.5. The summed E-state index contributed by atoms with van der Waals surface area (Å²) < 4.78 is 16.5. The van der Waals surface area contributed by atoms with Crippen LogP contribution >= 0.6 is 0 Å². The molecule has 1 amide bonds. The van der Waals surface area contributed by atoms with Crippen LogP contribution in [-0.2, 0) is 11.3 Å². The average molecular weight is 470 g/mol. The van der Waals surface area contributed by atoms with Gasteiger partial charge in [-0.25, -0.2) is 0 Å². The Morgan fingerprint density at radius 1 is 1.06 bits per heavy atom. The molecule has 0 aromatic heterocycles. The number of hydrogen-bond donors (Lipinski definition) is 1. The summed E-state index contributed by atoms with van der Waals surface area (Å²) in [6.07, 6.45) is 0. The molecule has 7 heteroatoms. The molecule has 3 rings (SSSR count). The van der Waals surface area contributed by atoms with Crippen molar-refractivity contribution in [2.45, 2.75) is 39.4 Å². The molecule has 1 aliphatic heterocycles. The summed E-state index contributed by atoms with van der Waals surface area (Å²) in [5.41, 5.74) is 2.96. The number of morpholine rings is 1. The van der Waals surface area contributed by atoms with Gasteiger partial charge in [-0.15, -0.1) is 0 Å². The third-order valence-electron chi connectivity index (χ3n) is 6.47. The number of nitrogens with zero attached hydrogens (tertiary/aromatic N) is 2. The van der Waals surface area contributed by atoms with Crippen molar-refractivity contribution in [3.8, 4) is 11.5 Å². The molecule has 1 fully saturated rings. The van der Waals surface area contributed by atoms with Crippen LogP contribution in [0.3, 0.4) is 0 Å². The van der Waals surface area contributed by atoms with Crippen LogP contribution < -0.4 is 14.8 Å². The number of methoxy groups -OCH3 is 2. The minimum atomic E-state index is -0.0681. The lowest BCUT2D eigenvalue weighted by atomic mass is 10.0. The zero-order valence-electron chi connectivity index (χ0n) is 21.2. The Morgan fingerprint density at radius 3 is 2.32 bits per heavy atom. The molecular formula is C27H39N3O4. The van der Waals surface area contributed by atoms with E-state index in [4.69, 9.17) is 14.2 Å². The lowest BCUT2D eigenvalue weighted by Gasteiger charge is -2.35. The highest BCUT2D eigenvalue weighted by molar-refractivity contribution is 5.94. The van der Waals surface area contributed by atoms with Gasteiger partial charge in [0.2, 0.25) is 0 Å². The minimum Gasteiger partial charge on any atom is -0.493 e. The molecule has 1 heterocycles. The number of hydrogen-bond acceptors (Lipinski definition) is 6. The van der Waals surface area contributed by atoms with Gasteiger partial charge in [0, 0.05) is 37.8 Å². The molecule has 0 radical (unpaired) electrons. The summed E-state index contributed by atoms with van der Waals surface area (Å²) in [6.45, 7) is 11.9. The molecule has 1 saturated heterocycles. The second-order valence-corrected chi connectivity index (χ2v) is 8.84. The summed E-state index contributed by atoms with van der Waals surface area (Å²) in [5, 5.41) is 3.15. The van der Waals surface area contributed by atoms with Gasteiger partial charge >= 0.3 is 0 Å². The van der Waals surface area contributed by atoms with Crippen molar-refractivity contribution in [1.29, 1.82) is 0 Å². The highest BCUT2D eigenvalue weighted by Gasteiger charge is 2.24. The average Bonchev–Trinajstić information content (AvgIpc) is 2.87. The molecule has 1 unspecified atom stereocenters. The SMILES string of the molecule is CCN(Cc1ccc(C(=O)NCC(c2ccc(OC)c(OC)c2)N2CCOCC2)cc1)C(C)C. The maximum Gasteiger partial charge on any atom is 0.251 e. The largest absolute Gasteiger partial charge is 0.493 e. The molecule has 34 heavy (non-hydrogen) atoms. The molecule has 186 valence electrons. The van der Waals surface area contributed by atoms with E-state index in [1.807, 2.05) is 42.5 Å². The highest BCUT2D eigenvalue weighted by atomic mass is 16.5. The summed E-state index contributed by atoms with van der Waals surface area (Å²) in [4.78, 5) is 17.7. The van der Waals surface area contributed by atoms with Crippen LogP contribution in [0.5, 0.6) is 11.5 Å². The summed E-state index contributed by atoms with van der Waals surface area (Å²) in [7, 11) is 3.27. The number of rotatable bonds is 11.